The van der Waals surface area contributed by atoms with Crippen LogP contribution in [0.2, 0.25) is 0 Å². The SMILES string of the molecule is [B]c1ccc(C(O)OC)cc1. The third kappa shape index (κ3) is 2.07. The van der Waals surface area contributed by atoms with E-state index in [0.29, 0.717) is 11.0 Å². The van der Waals surface area contributed by atoms with Crippen LogP contribution >= 0.6 is 0 Å². The average molecular weight is 148 g/mol. The van der Waals surface area contributed by atoms with E-state index >= 15 is 0 Å². The van der Waals surface area contributed by atoms with Gasteiger partial charge in [0.05, 0.1) is 0 Å². The summed E-state index contributed by atoms with van der Waals surface area (Å²) in [6.45, 7) is 0. The fraction of sp³-hybridized carbons (Fsp3) is 0.250. The van der Waals surface area contributed by atoms with E-state index in [4.69, 9.17) is 17.7 Å². The van der Waals surface area contributed by atoms with Gasteiger partial charge in [0.2, 0.25) is 0 Å². The third-order valence-electron chi connectivity index (χ3n) is 1.44. The maximum Gasteiger partial charge on any atom is 0.180 e. The molecule has 0 bridgehead atoms. The van der Waals surface area contributed by atoms with Crippen molar-refractivity contribution >= 4 is 13.3 Å². The summed E-state index contributed by atoms with van der Waals surface area (Å²) < 4.78 is 4.69. The molecule has 0 saturated carbocycles. The quantitative estimate of drug-likeness (QED) is 0.476. The van der Waals surface area contributed by atoms with Crippen LogP contribution in [0.1, 0.15) is 11.9 Å². The lowest BCUT2D eigenvalue weighted by Gasteiger charge is -2.07. The molecule has 1 rings (SSSR count). The zero-order chi connectivity index (χ0) is 8.27. The first-order valence-corrected chi connectivity index (χ1v) is 3.30. The summed E-state index contributed by atoms with van der Waals surface area (Å²) in [7, 11) is 6.89. The number of methoxy groups -OCH3 is 1. The highest BCUT2D eigenvalue weighted by Crippen LogP contribution is 2.10. The van der Waals surface area contributed by atoms with Crippen LogP contribution in [0.15, 0.2) is 24.3 Å². The molecular formula is C8H9BO2. The number of rotatable bonds is 2. The van der Waals surface area contributed by atoms with Crippen molar-refractivity contribution in [3.8, 4) is 0 Å². The van der Waals surface area contributed by atoms with Gasteiger partial charge in [0.15, 0.2) is 6.29 Å². The molecule has 56 valence electrons. The number of benzene rings is 1. The number of ether oxygens (including phenoxy) is 1. The Labute approximate surface area is 67.2 Å². The Morgan fingerprint density at radius 3 is 2.36 bits per heavy atom. The molecule has 2 nitrogen and oxygen atoms in total. The molecule has 1 aromatic rings. The van der Waals surface area contributed by atoms with Gasteiger partial charge in [-0.15, -0.1) is 0 Å². The van der Waals surface area contributed by atoms with E-state index in [1.807, 2.05) is 0 Å². The second-order valence-electron chi connectivity index (χ2n) is 2.25. The lowest BCUT2D eigenvalue weighted by atomic mass is 9.95. The van der Waals surface area contributed by atoms with Crippen LogP contribution in [-0.2, 0) is 4.74 Å². The highest BCUT2D eigenvalue weighted by atomic mass is 16.6. The predicted molar refractivity (Wildman–Crippen MR) is 43.8 cm³/mol. The maximum atomic E-state index is 9.16. The average Bonchev–Trinajstić information content (AvgIpc) is 2.05. The smallest absolute Gasteiger partial charge is 0.180 e. The van der Waals surface area contributed by atoms with Crippen molar-refractivity contribution in [3.05, 3.63) is 29.8 Å². The lowest BCUT2D eigenvalue weighted by Crippen LogP contribution is -2.04. The van der Waals surface area contributed by atoms with Gasteiger partial charge in [-0.2, -0.15) is 0 Å². The lowest BCUT2D eigenvalue weighted by molar-refractivity contribution is -0.0769. The molecule has 0 aliphatic heterocycles. The summed E-state index contributed by atoms with van der Waals surface area (Å²) >= 11 is 0. The van der Waals surface area contributed by atoms with E-state index in [2.05, 4.69) is 0 Å². The Bertz CT molecular complexity index is 220. The first-order chi connectivity index (χ1) is 5.24. The Morgan fingerprint density at radius 1 is 1.36 bits per heavy atom. The van der Waals surface area contributed by atoms with Gasteiger partial charge in [-0.3, -0.25) is 0 Å². The fourth-order valence-electron chi connectivity index (χ4n) is 0.797. The van der Waals surface area contributed by atoms with Gasteiger partial charge in [-0.1, -0.05) is 29.7 Å². The molecule has 0 saturated heterocycles. The summed E-state index contributed by atoms with van der Waals surface area (Å²) in [6, 6.07) is 6.89. The molecule has 3 heteroatoms. The van der Waals surface area contributed by atoms with Crippen molar-refractivity contribution < 1.29 is 9.84 Å². The molecule has 1 N–H and O–H groups in total. The van der Waals surface area contributed by atoms with Crippen LogP contribution in [0.4, 0.5) is 0 Å². The summed E-state index contributed by atoms with van der Waals surface area (Å²) in [5, 5.41) is 9.16. The zero-order valence-corrected chi connectivity index (χ0v) is 6.32. The van der Waals surface area contributed by atoms with Gasteiger partial charge < -0.3 is 9.84 Å². The van der Waals surface area contributed by atoms with Crippen molar-refractivity contribution in [3.63, 3.8) is 0 Å². The maximum absolute atomic E-state index is 9.16. The summed E-state index contributed by atoms with van der Waals surface area (Å²) in [5.41, 5.74) is 1.39. The summed E-state index contributed by atoms with van der Waals surface area (Å²) in [4.78, 5) is 0. The van der Waals surface area contributed by atoms with Crippen LogP contribution in [0.25, 0.3) is 0 Å². The number of aliphatic hydroxyl groups excluding tert-OH is 1. The van der Waals surface area contributed by atoms with E-state index in [0.717, 1.165) is 0 Å². The van der Waals surface area contributed by atoms with Gasteiger partial charge >= 0.3 is 0 Å². The van der Waals surface area contributed by atoms with Gasteiger partial charge in [0.1, 0.15) is 7.85 Å². The second kappa shape index (κ2) is 3.55. The van der Waals surface area contributed by atoms with Gasteiger partial charge in [0.25, 0.3) is 0 Å². The molecule has 0 amide bonds. The molecule has 0 aliphatic carbocycles. The van der Waals surface area contributed by atoms with Crippen LogP contribution in [0, 0.1) is 0 Å². The van der Waals surface area contributed by atoms with E-state index in [9.17, 15) is 0 Å². The van der Waals surface area contributed by atoms with E-state index in [1.165, 1.54) is 7.11 Å². The Morgan fingerprint density at radius 2 is 1.91 bits per heavy atom. The Hall–Kier alpha value is -0.795. The summed E-state index contributed by atoms with van der Waals surface area (Å²) in [5.74, 6) is 0. The third-order valence-corrected chi connectivity index (χ3v) is 1.44. The molecule has 0 aliphatic rings. The number of aliphatic hydroxyl groups is 1. The normalized spacial score (nSPS) is 12.9. The topological polar surface area (TPSA) is 29.5 Å². The molecule has 0 fully saturated rings. The van der Waals surface area contributed by atoms with Crippen LogP contribution in [-0.4, -0.2) is 20.1 Å². The Balaban J connectivity index is 2.81. The summed E-state index contributed by atoms with van der Waals surface area (Å²) in [6.07, 6.45) is -0.851. The van der Waals surface area contributed by atoms with Crippen LogP contribution in [0.5, 0.6) is 0 Å². The zero-order valence-electron chi connectivity index (χ0n) is 6.32. The molecule has 11 heavy (non-hydrogen) atoms. The van der Waals surface area contributed by atoms with Crippen molar-refractivity contribution in [1.29, 1.82) is 0 Å². The van der Waals surface area contributed by atoms with Crippen LogP contribution in [0.3, 0.4) is 0 Å². The first-order valence-electron chi connectivity index (χ1n) is 3.30. The predicted octanol–water partition coefficient (Wildman–Crippen LogP) is 0.118. The number of hydrogen-bond donors (Lipinski definition) is 1. The highest BCUT2D eigenvalue weighted by molar-refractivity contribution is 6.32. The van der Waals surface area contributed by atoms with E-state index in [1.54, 1.807) is 24.3 Å². The molecule has 1 unspecified atom stereocenters. The second-order valence-corrected chi connectivity index (χ2v) is 2.25. The highest BCUT2D eigenvalue weighted by Gasteiger charge is 2.02. The van der Waals surface area contributed by atoms with Gasteiger partial charge in [-0.25, -0.2) is 0 Å². The minimum Gasteiger partial charge on any atom is -0.364 e. The van der Waals surface area contributed by atoms with Gasteiger partial charge in [-0.05, 0) is 0 Å². The molecule has 2 radical (unpaired) electrons. The monoisotopic (exact) mass is 148 g/mol. The Kier molecular flexibility index (Phi) is 2.68. The van der Waals surface area contributed by atoms with Crippen molar-refractivity contribution in [2.24, 2.45) is 0 Å². The fourth-order valence-corrected chi connectivity index (χ4v) is 0.797. The molecular weight excluding hydrogens is 139 g/mol. The van der Waals surface area contributed by atoms with E-state index < -0.39 is 6.29 Å². The largest absolute Gasteiger partial charge is 0.364 e. The standard InChI is InChI=1S/C8H9BO2/c1-11-8(10)6-2-4-7(9)5-3-6/h2-5,8,10H,1H3. The molecule has 0 spiro atoms. The van der Waals surface area contributed by atoms with Crippen molar-refractivity contribution in [2.75, 3.05) is 7.11 Å². The minimum atomic E-state index is -0.851. The van der Waals surface area contributed by atoms with Crippen molar-refractivity contribution in [1.82, 2.24) is 0 Å². The molecule has 0 heterocycles. The number of hydrogen-bond acceptors (Lipinski definition) is 2. The molecule has 1 atom stereocenters. The van der Waals surface area contributed by atoms with Crippen molar-refractivity contribution in [2.45, 2.75) is 6.29 Å². The minimum absolute atomic E-state index is 0.678. The van der Waals surface area contributed by atoms with E-state index in [-0.39, 0.29) is 0 Å². The molecule has 1 aromatic carbocycles. The van der Waals surface area contributed by atoms with Gasteiger partial charge in [0, 0.05) is 12.7 Å². The molecule has 0 aromatic heterocycles. The first kappa shape index (κ1) is 8.30. The van der Waals surface area contributed by atoms with Crippen LogP contribution < -0.4 is 5.46 Å².